The van der Waals surface area contributed by atoms with Crippen molar-refractivity contribution >= 4 is 11.9 Å². The third-order valence-corrected chi connectivity index (χ3v) is 4.42. The Labute approximate surface area is 162 Å². The molecule has 1 fully saturated rings. The molecule has 1 aliphatic rings. The second-order valence-electron chi connectivity index (χ2n) is 6.83. The van der Waals surface area contributed by atoms with Gasteiger partial charge in [0.2, 0.25) is 0 Å². The van der Waals surface area contributed by atoms with Crippen molar-refractivity contribution in [3.63, 3.8) is 0 Å². The van der Waals surface area contributed by atoms with E-state index in [1.54, 1.807) is 16.8 Å². The van der Waals surface area contributed by atoms with Gasteiger partial charge in [-0.3, -0.25) is 5.32 Å². The Morgan fingerprint density at radius 2 is 2.14 bits per heavy atom. The lowest BCUT2D eigenvalue weighted by molar-refractivity contribution is 0.121. The summed E-state index contributed by atoms with van der Waals surface area (Å²) in [5.41, 5.74) is 1.79. The summed E-state index contributed by atoms with van der Waals surface area (Å²) in [4.78, 5) is 21.3. The Balaban J connectivity index is 1.67. The molecule has 1 amide bonds. The van der Waals surface area contributed by atoms with Crippen LogP contribution in [0.4, 0.5) is 10.6 Å². The van der Waals surface area contributed by atoms with Gasteiger partial charge >= 0.3 is 6.09 Å². The zero-order valence-corrected chi connectivity index (χ0v) is 16.0. The minimum absolute atomic E-state index is 0.135. The van der Waals surface area contributed by atoms with E-state index >= 15 is 0 Å². The second kappa shape index (κ2) is 7.43. The van der Waals surface area contributed by atoms with Crippen molar-refractivity contribution in [2.75, 3.05) is 18.4 Å². The molecule has 1 atom stereocenters. The molecule has 0 saturated carbocycles. The quantitative estimate of drug-likeness (QED) is 0.714. The Morgan fingerprint density at radius 1 is 1.29 bits per heavy atom. The van der Waals surface area contributed by atoms with Crippen LogP contribution in [0, 0.1) is 20.8 Å². The van der Waals surface area contributed by atoms with Crippen LogP contribution in [0.3, 0.4) is 0 Å². The van der Waals surface area contributed by atoms with E-state index in [0.29, 0.717) is 29.8 Å². The number of hydrogen-bond donors (Lipinski definition) is 2. The van der Waals surface area contributed by atoms with E-state index in [0.717, 1.165) is 30.1 Å². The van der Waals surface area contributed by atoms with Gasteiger partial charge in [-0.1, -0.05) is 0 Å². The van der Waals surface area contributed by atoms with Gasteiger partial charge in [0.05, 0.1) is 5.69 Å². The largest absolute Gasteiger partial charge is 0.458 e. The van der Waals surface area contributed by atoms with E-state index in [1.165, 1.54) is 0 Å². The van der Waals surface area contributed by atoms with E-state index < -0.39 is 6.09 Å². The average Bonchev–Trinajstić information content (AvgIpc) is 3.37. The lowest BCUT2D eigenvalue weighted by Gasteiger charge is -2.13. The number of carbonyl (C=O) groups is 1. The fraction of sp³-hybridized carbons (Fsp3) is 0.368. The van der Waals surface area contributed by atoms with Gasteiger partial charge in [0.15, 0.2) is 17.4 Å². The van der Waals surface area contributed by atoms with Crippen molar-refractivity contribution in [2.45, 2.75) is 33.3 Å². The van der Waals surface area contributed by atoms with E-state index in [9.17, 15) is 4.79 Å². The van der Waals surface area contributed by atoms with Crippen molar-refractivity contribution in [1.82, 2.24) is 25.1 Å². The molecular formula is C19H22N6O3. The molecule has 9 heteroatoms. The highest BCUT2D eigenvalue weighted by molar-refractivity contribution is 5.84. The molecule has 1 aliphatic heterocycles. The maximum atomic E-state index is 12.3. The van der Waals surface area contributed by atoms with Crippen LogP contribution in [-0.2, 0) is 4.74 Å². The number of hydrogen-bond acceptors (Lipinski definition) is 7. The van der Waals surface area contributed by atoms with Gasteiger partial charge in [-0.2, -0.15) is 5.10 Å². The number of anilines is 1. The summed E-state index contributed by atoms with van der Waals surface area (Å²) in [6.45, 7) is 7.20. The average molecular weight is 382 g/mol. The molecule has 4 heterocycles. The summed E-state index contributed by atoms with van der Waals surface area (Å²) in [5, 5.41) is 10.3. The van der Waals surface area contributed by atoms with Crippen LogP contribution >= 0.6 is 0 Å². The highest BCUT2D eigenvalue weighted by Crippen LogP contribution is 2.23. The van der Waals surface area contributed by atoms with Crippen molar-refractivity contribution in [3.8, 4) is 17.4 Å². The third-order valence-electron chi connectivity index (χ3n) is 4.42. The number of ether oxygens (including phenoxy) is 1. The number of aryl methyl sites for hydroxylation is 3. The van der Waals surface area contributed by atoms with Gasteiger partial charge in [0.25, 0.3) is 0 Å². The normalized spacial score (nSPS) is 16.3. The zero-order valence-electron chi connectivity index (χ0n) is 16.0. The number of rotatable bonds is 4. The van der Waals surface area contributed by atoms with Crippen molar-refractivity contribution < 1.29 is 13.9 Å². The van der Waals surface area contributed by atoms with Crippen molar-refractivity contribution in [2.24, 2.45) is 0 Å². The Hall–Kier alpha value is -3.20. The van der Waals surface area contributed by atoms with E-state index in [-0.39, 0.29) is 6.10 Å². The molecule has 9 nitrogen and oxygen atoms in total. The Kier molecular flexibility index (Phi) is 4.82. The van der Waals surface area contributed by atoms with Gasteiger partial charge < -0.3 is 14.5 Å². The van der Waals surface area contributed by atoms with E-state index in [2.05, 4.69) is 25.7 Å². The van der Waals surface area contributed by atoms with Crippen molar-refractivity contribution in [3.05, 3.63) is 41.4 Å². The Morgan fingerprint density at radius 3 is 2.79 bits per heavy atom. The van der Waals surface area contributed by atoms with Crippen LogP contribution in [0.2, 0.25) is 0 Å². The zero-order chi connectivity index (χ0) is 19.7. The van der Waals surface area contributed by atoms with Gasteiger partial charge in [0, 0.05) is 18.3 Å². The minimum Gasteiger partial charge on any atom is -0.458 e. The predicted octanol–water partition coefficient (Wildman–Crippen LogP) is 2.76. The maximum Gasteiger partial charge on any atom is 0.413 e. The van der Waals surface area contributed by atoms with Crippen LogP contribution in [0.25, 0.3) is 17.4 Å². The number of amides is 1. The molecule has 2 N–H and O–H groups in total. The van der Waals surface area contributed by atoms with E-state index in [4.69, 9.17) is 9.15 Å². The predicted molar refractivity (Wildman–Crippen MR) is 102 cm³/mol. The minimum atomic E-state index is -0.548. The molecule has 3 aromatic rings. The summed E-state index contributed by atoms with van der Waals surface area (Å²) < 4.78 is 12.8. The van der Waals surface area contributed by atoms with Crippen LogP contribution in [0.1, 0.15) is 23.6 Å². The molecular weight excluding hydrogens is 360 g/mol. The number of furan rings is 1. The standard InChI is InChI=1S/C19H22N6O3/c1-11-8-12(2)25(24-11)17-9-16(22-19(26)28-14-6-7-20-10-14)21-18(23-17)15-5-4-13(3)27-15/h4-5,8-9,14,20H,6-7,10H2,1-3H3,(H,21,22,23,26)/t14-/m0/s1. The fourth-order valence-corrected chi connectivity index (χ4v) is 3.15. The first-order valence-corrected chi connectivity index (χ1v) is 9.16. The smallest absolute Gasteiger partial charge is 0.413 e. The number of nitrogens with one attached hydrogen (secondary N) is 2. The van der Waals surface area contributed by atoms with Gasteiger partial charge in [-0.05, 0) is 51.9 Å². The molecule has 3 aromatic heterocycles. The molecule has 0 spiro atoms. The highest BCUT2D eigenvalue weighted by Gasteiger charge is 2.20. The molecule has 146 valence electrons. The SMILES string of the molecule is Cc1cc(C)n(-c2cc(NC(=O)O[C@H]3CCNC3)nc(-c3ccc(C)o3)n2)n1. The highest BCUT2D eigenvalue weighted by atomic mass is 16.6. The van der Waals surface area contributed by atoms with Crippen LogP contribution in [0.5, 0.6) is 0 Å². The van der Waals surface area contributed by atoms with Gasteiger partial charge in [-0.25, -0.2) is 19.4 Å². The van der Waals surface area contributed by atoms with Gasteiger partial charge in [0.1, 0.15) is 17.7 Å². The molecule has 0 aromatic carbocycles. The summed E-state index contributed by atoms with van der Waals surface area (Å²) in [6.07, 6.45) is 0.114. The third kappa shape index (κ3) is 3.89. The number of carbonyl (C=O) groups excluding carboxylic acids is 1. The topological polar surface area (TPSA) is 107 Å². The van der Waals surface area contributed by atoms with Gasteiger partial charge in [-0.15, -0.1) is 0 Å². The first-order chi connectivity index (χ1) is 13.5. The molecule has 0 aliphatic carbocycles. The fourth-order valence-electron chi connectivity index (χ4n) is 3.15. The van der Waals surface area contributed by atoms with Crippen LogP contribution in [0.15, 0.2) is 28.7 Å². The lowest BCUT2D eigenvalue weighted by atomic mass is 10.3. The lowest BCUT2D eigenvalue weighted by Crippen LogP contribution is -2.24. The molecule has 4 rings (SSSR count). The monoisotopic (exact) mass is 382 g/mol. The summed E-state index contributed by atoms with van der Waals surface area (Å²) in [6, 6.07) is 7.24. The number of nitrogens with zero attached hydrogens (tertiary/aromatic N) is 4. The molecule has 0 radical (unpaired) electrons. The summed E-state index contributed by atoms with van der Waals surface area (Å²) in [5.74, 6) is 2.46. The van der Waals surface area contributed by atoms with E-state index in [1.807, 2.05) is 32.9 Å². The molecule has 0 bridgehead atoms. The maximum absolute atomic E-state index is 12.3. The van der Waals surface area contributed by atoms with Crippen LogP contribution in [-0.4, -0.2) is 45.0 Å². The van der Waals surface area contributed by atoms with Crippen LogP contribution < -0.4 is 10.6 Å². The number of aromatic nitrogens is 4. The summed E-state index contributed by atoms with van der Waals surface area (Å²) in [7, 11) is 0. The molecule has 0 unspecified atom stereocenters. The second-order valence-corrected chi connectivity index (χ2v) is 6.83. The molecule has 1 saturated heterocycles. The molecule has 28 heavy (non-hydrogen) atoms. The summed E-state index contributed by atoms with van der Waals surface area (Å²) >= 11 is 0. The first kappa shape index (κ1) is 18.2. The first-order valence-electron chi connectivity index (χ1n) is 9.16. The Bertz CT molecular complexity index is 1000. The van der Waals surface area contributed by atoms with Crippen molar-refractivity contribution in [1.29, 1.82) is 0 Å².